The minimum Gasteiger partial charge on any atom is -0.344 e. The zero-order chi connectivity index (χ0) is 26.6. The molecule has 1 saturated carbocycles. The van der Waals surface area contributed by atoms with Crippen LogP contribution in [0, 0.1) is 5.92 Å². The molecule has 1 aliphatic heterocycles. The first kappa shape index (κ1) is 27.4. The van der Waals surface area contributed by atoms with Gasteiger partial charge < -0.3 is 16.0 Å². The van der Waals surface area contributed by atoms with Crippen molar-refractivity contribution < 1.29 is 18.0 Å². The summed E-state index contributed by atoms with van der Waals surface area (Å²) in [5.74, 6) is -0.263. The van der Waals surface area contributed by atoms with Gasteiger partial charge in [0.15, 0.2) is 0 Å². The first-order valence-electron chi connectivity index (χ1n) is 12.7. The third-order valence-electron chi connectivity index (χ3n) is 7.31. The van der Waals surface area contributed by atoms with Crippen LogP contribution in [0.4, 0.5) is 5.69 Å². The number of piperidine rings is 1. The number of carbonyl (C=O) groups is 2. The lowest BCUT2D eigenvalue weighted by Gasteiger charge is -2.35. The number of para-hydroxylation sites is 1. The Kier molecular flexibility index (Phi) is 8.77. The van der Waals surface area contributed by atoms with Crippen LogP contribution in [0.2, 0.25) is 5.02 Å². The molecule has 37 heavy (non-hydrogen) atoms. The number of amides is 2. The van der Waals surface area contributed by atoms with Gasteiger partial charge in [0.2, 0.25) is 21.8 Å². The Hall–Kier alpha value is -2.62. The number of nitrogens with two attached hydrogens (primary N) is 1. The summed E-state index contributed by atoms with van der Waals surface area (Å²) in [5.41, 5.74) is 8.44. The van der Waals surface area contributed by atoms with E-state index in [2.05, 4.69) is 10.0 Å². The molecule has 1 heterocycles. The number of benzene rings is 2. The van der Waals surface area contributed by atoms with Crippen LogP contribution in [-0.4, -0.2) is 56.6 Å². The average molecular weight is 547 g/mol. The number of anilines is 1. The van der Waals surface area contributed by atoms with Crippen LogP contribution in [0.25, 0.3) is 0 Å². The van der Waals surface area contributed by atoms with Crippen LogP contribution < -0.4 is 15.8 Å². The molecule has 4 rings (SSSR count). The Morgan fingerprint density at radius 1 is 1.05 bits per heavy atom. The van der Waals surface area contributed by atoms with Crippen LogP contribution in [0.5, 0.6) is 0 Å². The highest BCUT2D eigenvalue weighted by atomic mass is 35.5. The number of rotatable bonds is 8. The van der Waals surface area contributed by atoms with Gasteiger partial charge >= 0.3 is 0 Å². The molecule has 4 N–H and O–H groups in total. The smallest absolute Gasteiger partial charge is 0.245 e. The van der Waals surface area contributed by atoms with Gasteiger partial charge in [-0.2, -0.15) is 0 Å². The molecule has 1 saturated heterocycles. The lowest BCUT2D eigenvalue weighted by atomic mass is 9.88. The second-order valence-corrected chi connectivity index (χ2v) is 12.4. The molecule has 2 aromatic carbocycles. The Morgan fingerprint density at radius 3 is 2.35 bits per heavy atom. The predicted octanol–water partition coefficient (Wildman–Crippen LogP) is 3.27. The van der Waals surface area contributed by atoms with Crippen molar-refractivity contribution in [1.29, 1.82) is 0 Å². The highest BCUT2D eigenvalue weighted by molar-refractivity contribution is 7.92. The number of nitrogens with one attached hydrogen (secondary N) is 2. The maximum atomic E-state index is 13.7. The molecule has 0 spiro atoms. The van der Waals surface area contributed by atoms with Crippen LogP contribution in [0.1, 0.15) is 49.1 Å². The molecule has 2 fully saturated rings. The molecular formula is C27H35ClN4O4S. The highest BCUT2D eigenvalue weighted by Crippen LogP contribution is 2.33. The van der Waals surface area contributed by atoms with Gasteiger partial charge in [0.1, 0.15) is 6.04 Å². The minimum absolute atomic E-state index is 0.0280. The summed E-state index contributed by atoms with van der Waals surface area (Å²) < 4.78 is 26.2. The van der Waals surface area contributed by atoms with Crippen LogP contribution >= 0.6 is 11.6 Å². The van der Waals surface area contributed by atoms with Crippen LogP contribution in [0.15, 0.2) is 48.5 Å². The fraction of sp³-hybridized carbons (Fsp3) is 0.481. The van der Waals surface area contributed by atoms with Gasteiger partial charge in [-0.3, -0.25) is 14.3 Å². The highest BCUT2D eigenvalue weighted by Gasteiger charge is 2.34. The zero-order valence-corrected chi connectivity index (χ0v) is 22.6. The van der Waals surface area contributed by atoms with Crippen molar-refractivity contribution in [2.24, 2.45) is 11.7 Å². The standard InChI is InChI=1S/C27H35ClN4O4S/c1-37(35,36)31-24-5-3-2-4-23(24)19-12-14-32(15-13-19)27(34)25(16-18-6-9-21(28)10-7-18)30-26(33)20-8-11-22(29)17-20/h2-7,9-10,19-20,22,25,31H,8,11-17,29H2,1H3,(H,30,33). The lowest BCUT2D eigenvalue weighted by Crippen LogP contribution is -2.52. The number of sulfonamides is 1. The van der Waals surface area contributed by atoms with Crippen molar-refractivity contribution in [3.8, 4) is 0 Å². The summed E-state index contributed by atoms with van der Waals surface area (Å²) in [5, 5.41) is 3.64. The fourth-order valence-corrected chi connectivity index (χ4v) is 6.09. The minimum atomic E-state index is -3.40. The SMILES string of the molecule is CS(=O)(=O)Nc1ccccc1C1CCN(C(=O)C(Cc2ccc(Cl)cc2)NC(=O)C2CCC(N)C2)CC1. The third kappa shape index (κ3) is 7.46. The van der Waals surface area contributed by atoms with Crippen molar-refractivity contribution in [1.82, 2.24) is 10.2 Å². The molecule has 0 aromatic heterocycles. The normalized spacial score (nSPS) is 21.4. The summed E-state index contributed by atoms with van der Waals surface area (Å²) in [6.07, 6.45) is 5.11. The molecule has 10 heteroatoms. The van der Waals surface area contributed by atoms with Gasteiger partial charge in [0, 0.05) is 36.5 Å². The van der Waals surface area contributed by atoms with Gasteiger partial charge in [0.05, 0.1) is 11.9 Å². The van der Waals surface area contributed by atoms with E-state index in [1.54, 1.807) is 24.3 Å². The van der Waals surface area contributed by atoms with Crippen molar-refractivity contribution >= 4 is 39.1 Å². The van der Waals surface area contributed by atoms with Gasteiger partial charge in [0.25, 0.3) is 0 Å². The second kappa shape index (κ2) is 11.8. The number of hydrogen-bond donors (Lipinski definition) is 3. The fourth-order valence-electron chi connectivity index (χ4n) is 5.38. The number of nitrogens with zero attached hydrogens (tertiary/aromatic N) is 1. The average Bonchev–Trinajstić information content (AvgIpc) is 3.30. The number of carbonyl (C=O) groups excluding carboxylic acids is 2. The lowest BCUT2D eigenvalue weighted by molar-refractivity contribution is -0.138. The summed E-state index contributed by atoms with van der Waals surface area (Å²) in [4.78, 5) is 28.5. The molecule has 3 unspecified atom stereocenters. The van der Waals surface area contributed by atoms with E-state index in [-0.39, 0.29) is 29.7 Å². The van der Waals surface area contributed by atoms with E-state index >= 15 is 0 Å². The molecular weight excluding hydrogens is 512 g/mol. The molecule has 200 valence electrons. The van der Waals surface area contributed by atoms with Gasteiger partial charge in [-0.25, -0.2) is 8.42 Å². The Bertz CT molecular complexity index is 1210. The van der Waals surface area contributed by atoms with Gasteiger partial charge in [-0.1, -0.05) is 41.9 Å². The van der Waals surface area contributed by atoms with Crippen molar-refractivity contribution in [2.45, 2.75) is 56.5 Å². The van der Waals surface area contributed by atoms with E-state index in [0.717, 1.165) is 30.2 Å². The molecule has 8 nitrogen and oxygen atoms in total. The summed E-state index contributed by atoms with van der Waals surface area (Å²) in [6, 6.07) is 14.1. The van der Waals surface area contributed by atoms with Crippen molar-refractivity contribution in [2.75, 3.05) is 24.1 Å². The molecule has 1 aliphatic carbocycles. The van der Waals surface area contributed by atoms with Crippen molar-refractivity contribution in [3.05, 3.63) is 64.7 Å². The second-order valence-electron chi connectivity index (χ2n) is 10.2. The summed E-state index contributed by atoms with van der Waals surface area (Å²) in [7, 11) is -3.40. The number of hydrogen-bond acceptors (Lipinski definition) is 5. The van der Waals surface area contributed by atoms with E-state index in [1.165, 1.54) is 0 Å². The van der Waals surface area contributed by atoms with Gasteiger partial charge in [-0.05, 0) is 67.3 Å². The molecule has 2 aliphatic rings. The molecule has 0 radical (unpaired) electrons. The van der Waals surface area contributed by atoms with Gasteiger partial charge in [-0.15, -0.1) is 0 Å². The largest absolute Gasteiger partial charge is 0.344 e. The molecule has 3 atom stereocenters. The third-order valence-corrected chi connectivity index (χ3v) is 8.16. The van der Waals surface area contributed by atoms with Crippen LogP contribution in [0.3, 0.4) is 0 Å². The quantitative estimate of drug-likeness (QED) is 0.469. The first-order chi connectivity index (χ1) is 17.6. The first-order valence-corrected chi connectivity index (χ1v) is 15.0. The van der Waals surface area contributed by atoms with E-state index < -0.39 is 16.1 Å². The predicted molar refractivity (Wildman–Crippen MR) is 146 cm³/mol. The van der Waals surface area contributed by atoms with E-state index in [1.807, 2.05) is 29.2 Å². The molecule has 2 amide bonds. The van der Waals surface area contributed by atoms with Crippen molar-refractivity contribution in [3.63, 3.8) is 0 Å². The Morgan fingerprint density at radius 2 is 1.73 bits per heavy atom. The van der Waals surface area contributed by atoms with Crippen LogP contribution in [-0.2, 0) is 26.0 Å². The molecule has 2 aromatic rings. The number of likely N-dealkylation sites (tertiary alicyclic amines) is 1. The summed E-state index contributed by atoms with van der Waals surface area (Å²) >= 11 is 6.03. The number of halogens is 1. The Labute approximate surface area is 224 Å². The maximum Gasteiger partial charge on any atom is 0.245 e. The summed E-state index contributed by atoms with van der Waals surface area (Å²) in [6.45, 7) is 1.05. The Balaban J connectivity index is 1.45. The monoisotopic (exact) mass is 546 g/mol. The molecule has 0 bridgehead atoms. The maximum absolute atomic E-state index is 13.7. The topological polar surface area (TPSA) is 122 Å². The van der Waals surface area contributed by atoms with E-state index in [9.17, 15) is 18.0 Å². The van der Waals surface area contributed by atoms with E-state index in [0.29, 0.717) is 49.5 Å². The van der Waals surface area contributed by atoms with E-state index in [4.69, 9.17) is 17.3 Å². The zero-order valence-electron chi connectivity index (χ0n) is 21.0.